The van der Waals surface area contributed by atoms with Gasteiger partial charge in [-0.3, -0.25) is 19.6 Å². The lowest BCUT2D eigenvalue weighted by atomic mass is 9.98. The summed E-state index contributed by atoms with van der Waals surface area (Å²) < 4.78 is 16.9. The number of aromatic nitrogens is 4. The zero-order valence-electron chi connectivity index (χ0n) is 53.2. The van der Waals surface area contributed by atoms with Crippen LogP contribution in [0.4, 0.5) is 16.2 Å². The lowest BCUT2D eigenvalue weighted by Crippen LogP contribution is -2.38. The first-order valence-electron chi connectivity index (χ1n) is 31.2. The van der Waals surface area contributed by atoms with Gasteiger partial charge in [-0.1, -0.05) is 119 Å². The average Bonchev–Trinajstić information content (AvgIpc) is 0.886. The van der Waals surface area contributed by atoms with Crippen LogP contribution in [0.3, 0.4) is 0 Å². The molecule has 8 heterocycles. The minimum Gasteiger partial charge on any atom is -0.481 e. The number of anilines is 2. The van der Waals surface area contributed by atoms with Gasteiger partial charge in [0, 0.05) is 177 Å². The van der Waals surface area contributed by atoms with Crippen LogP contribution < -0.4 is 45.9 Å². The highest BCUT2D eigenvalue weighted by molar-refractivity contribution is 6.40. The van der Waals surface area contributed by atoms with Gasteiger partial charge in [-0.15, -0.1) is 0 Å². The molecule has 4 aliphatic rings. The van der Waals surface area contributed by atoms with Crippen molar-refractivity contribution in [3.05, 3.63) is 164 Å². The van der Waals surface area contributed by atoms with E-state index in [0.29, 0.717) is 113 Å². The fraction of sp³-hybridized carbons (Fsp3) is 0.338. The van der Waals surface area contributed by atoms with Gasteiger partial charge < -0.3 is 55.5 Å². The quantitative estimate of drug-likeness (QED) is 0.0611. The number of rotatable bonds is 16. The fourth-order valence-corrected chi connectivity index (χ4v) is 13.3. The number of hydrogen-bond acceptors (Lipinski definition) is 15. The summed E-state index contributed by atoms with van der Waals surface area (Å²) in [5.41, 5.74) is 14.8. The predicted octanol–water partition coefficient (Wildman–Crippen LogP) is 13.0. The molecule has 0 aliphatic carbocycles. The molecule has 0 bridgehead atoms. The summed E-state index contributed by atoms with van der Waals surface area (Å²) in [6, 6.07) is 36.0. The van der Waals surface area contributed by atoms with Crippen LogP contribution in [0.15, 0.2) is 122 Å². The first kappa shape index (κ1) is 66.4. The topological polar surface area (TPSA) is 200 Å². The molecule has 0 radical (unpaired) electrons. The van der Waals surface area contributed by atoms with Crippen molar-refractivity contribution in [3.8, 4) is 79.0 Å². The van der Waals surface area contributed by atoms with Crippen molar-refractivity contribution in [2.45, 2.75) is 90.3 Å². The predicted molar refractivity (Wildman–Crippen MR) is 370 cm³/mol. The standard InChI is InChI=1S/C38H42Cl2N6O4.C33H34Cl2N6O2/c1-38(2,3)50-37(48)46-18-17-45(4)31-19-23(9-10-25(31)22-46)35-34(40)28(15-16-42-35)27-7-6-8-29(33(27)39)30-13-11-24(36(44-30)49-5)20-41-21-26-12-14-32(47)43-26;1-41-15-14-36-17-21-7-6-20(16-28(21)41)32-31(35)25(12-13-38-32)24-4-3-5-26(30(24)34)27-10-8-22(33(40-27)43-2)18-37-19-23-9-11-29(42)39-23/h6-11,13,15-16,19,26,41H,12,14,17-18,20-22H2,1-5H3,(H,43,47);3-8,10,12-13,16,23,36-37H,9,11,14-15,17-19H2,1-2H3,(H,39,42)/t26-;23-/m00/s1. The van der Waals surface area contributed by atoms with Gasteiger partial charge in [0.05, 0.1) is 63.6 Å². The molecule has 12 rings (SSSR count). The molecule has 0 spiro atoms. The number of amides is 3. The number of nitrogens with zero attached hydrogens (tertiary/aromatic N) is 7. The Balaban J connectivity index is 0.000000192. The van der Waals surface area contributed by atoms with Gasteiger partial charge in [0.25, 0.3) is 0 Å². The smallest absolute Gasteiger partial charge is 0.410 e. The Bertz CT molecular complexity index is 4090. The van der Waals surface area contributed by atoms with E-state index in [-0.39, 0.29) is 30.0 Å². The highest BCUT2D eigenvalue weighted by Gasteiger charge is 2.29. The van der Waals surface area contributed by atoms with Crippen LogP contribution >= 0.6 is 46.4 Å². The van der Waals surface area contributed by atoms with Gasteiger partial charge in [0.1, 0.15) is 5.60 Å². The largest absolute Gasteiger partial charge is 0.481 e. The number of carbonyl (C=O) groups excluding carboxylic acids is 3. The second kappa shape index (κ2) is 29.5. The van der Waals surface area contributed by atoms with Crippen LogP contribution in [0, 0.1) is 0 Å². The van der Waals surface area contributed by atoms with Gasteiger partial charge in [0.15, 0.2) is 0 Å². The molecule has 18 nitrogen and oxygen atoms in total. The summed E-state index contributed by atoms with van der Waals surface area (Å²) in [5.74, 6) is 1.23. The third-order valence-corrected chi connectivity index (χ3v) is 18.5. The lowest BCUT2D eigenvalue weighted by Gasteiger charge is -2.26. The fourth-order valence-electron chi connectivity index (χ4n) is 12.0. The number of likely N-dealkylation sites (N-methyl/N-ethyl adjacent to an activating group) is 2. The van der Waals surface area contributed by atoms with E-state index in [1.807, 2.05) is 113 Å². The molecule has 4 aromatic heterocycles. The van der Waals surface area contributed by atoms with Crippen molar-refractivity contribution in [2.75, 3.05) is 77.4 Å². The third-order valence-electron chi connectivity index (χ3n) is 17.0. The molecule has 0 saturated carbocycles. The number of halogens is 4. The molecule has 484 valence electrons. The van der Waals surface area contributed by atoms with E-state index >= 15 is 0 Å². The Hall–Kier alpha value is -8.07. The molecule has 0 unspecified atom stereocenters. The second-order valence-corrected chi connectivity index (χ2v) is 26.1. The number of fused-ring (bicyclic) bond motifs is 2. The molecule has 4 aromatic carbocycles. The van der Waals surface area contributed by atoms with Crippen LogP contribution in [0.5, 0.6) is 11.8 Å². The summed E-state index contributed by atoms with van der Waals surface area (Å²) in [5, 5.41) is 18.3. The lowest BCUT2D eigenvalue weighted by molar-refractivity contribution is -0.120. The molecule has 8 aromatic rings. The first-order chi connectivity index (χ1) is 44.8. The van der Waals surface area contributed by atoms with Crippen molar-refractivity contribution in [3.63, 3.8) is 0 Å². The number of benzene rings is 4. The Labute approximate surface area is 563 Å². The van der Waals surface area contributed by atoms with Crippen molar-refractivity contribution < 1.29 is 28.6 Å². The zero-order chi connectivity index (χ0) is 65.5. The number of nitrogens with one attached hydrogen (secondary N) is 5. The number of carbonyl (C=O) groups is 3. The molecule has 22 heteroatoms. The zero-order valence-corrected chi connectivity index (χ0v) is 56.2. The van der Waals surface area contributed by atoms with Crippen LogP contribution in [0.25, 0.3) is 67.3 Å². The monoisotopic (exact) mass is 1330 g/mol. The maximum Gasteiger partial charge on any atom is 0.410 e. The highest BCUT2D eigenvalue weighted by Crippen LogP contribution is 2.45. The van der Waals surface area contributed by atoms with E-state index in [0.717, 1.165) is 99.4 Å². The highest BCUT2D eigenvalue weighted by atomic mass is 35.5. The average molecular weight is 1340 g/mol. The Morgan fingerprint density at radius 3 is 1.55 bits per heavy atom. The number of methoxy groups -OCH3 is 2. The molecule has 3 amide bonds. The van der Waals surface area contributed by atoms with Gasteiger partial charge >= 0.3 is 6.09 Å². The number of ether oxygens (including phenoxy) is 3. The summed E-state index contributed by atoms with van der Waals surface area (Å²) >= 11 is 28.4. The summed E-state index contributed by atoms with van der Waals surface area (Å²) in [6.07, 6.45) is 6.02. The summed E-state index contributed by atoms with van der Waals surface area (Å²) in [6.45, 7) is 12.4. The molecule has 4 aliphatic heterocycles. The molecule has 5 N–H and O–H groups in total. The van der Waals surface area contributed by atoms with E-state index in [1.54, 1.807) is 31.5 Å². The van der Waals surface area contributed by atoms with Gasteiger partial charge in [-0.2, -0.15) is 0 Å². The van der Waals surface area contributed by atoms with E-state index in [4.69, 9.17) is 70.6 Å². The molecule has 2 saturated heterocycles. The minimum atomic E-state index is -0.569. The van der Waals surface area contributed by atoms with Crippen LogP contribution in [-0.4, -0.2) is 128 Å². The SMILES string of the molecule is COc1nc(-c2cccc(-c3ccnc(-c4ccc5c(c4)N(C)CCN(C(=O)OC(C)(C)C)C5)c3Cl)c2Cl)ccc1CNC[C@@H]1CCC(=O)N1.COc1nc(-c2cccc(-c3ccnc(-c4ccc5c(c4)N(C)CCNC5)c3Cl)c2Cl)ccc1CNC[C@@H]1CCC(=O)N1. The Kier molecular flexibility index (Phi) is 21.0. The Morgan fingerprint density at radius 1 is 0.591 bits per heavy atom. The van der Waals surface area contributed by atoms with Gasteiger partial charge in [-0.05, 0) is 81.1 Å². The van der Waals surface area contributed by atoms with Gasteiger partial charge in [-0.25, -0.2) is 14.8 Å². The maximum absolute atomic E-state index is 12.9. The normalized spacial score (nSPS) is 16.3. The van der Waals surface area contributed by atoms with Crippen LogP contribution in [0.2, 0.25) is 20.1 Å². The minimum absolute atomic E-state index is 0.0974. The van der Waals surface area contributed by atoms with Crippen molar-refractivity contribution in [2.24, 2.45) is 0 Å². The van der Waals surface area contributed by atoms with E-state index in [1.165, 1.54) is 11.3 Å². The maximum atomic E-state index is 12.9. The molecule has 93 heavy (non-hydrogen) atoms. The number of hydrogen-bond donors (Lipinski definition) is 5. The van der Waals surface area contributed by atoms with Crippen LogP contribution in [-0.2, 0) is 40.5 Å². The molecule has 2 fully saturated rings. The summed E-state index contributed by atoms with van der Waals surface area (Å²) in [4.78, 5) is 61.0. The first-order valence-corrected chi connectivity index (χ1v) is 32.7. The Morgan fingerprint density at radius 2 is 1.06 bits per heavy atom. The number of pyridine rings is 4. The van der Waals surface area contributed by atoms with Crippen molar-refractivity contribution in [1.82, 2.24) is 51.4 Å². The third kappa shape index (κ3) is 15.5. The second-order valence-electron chi connectivity index (χ2n) is 24.6. The van der Waals surface area contributed by atoms with Crippen molar-refractivity contribution >= 4 is 75.7 Å². The van der Waals surface area contributed by atoms with E-state index in [2.05, 4.69) is 77.7 Å². The molecular formula is C71H76Cl4N12O6. The molecule has 2 atom stereocenters. The van der Waals surface area contributed by atoms with E-state index < -0.39 is 5.60 Å². The summed E-state index contributed by atoms with van der Waals surface area (Å²) in [7, 11) is 7.33. The van der Waals surface area contributed by atoms with Crippen molar-refractivity contribution in [1.29, 1.82) is 0 Å². The molecular weight excluding hydrogens is 1260 g/mol. The van der Waals surface area contributed by atoms with Gasteiger partial charge in [0.2, 0.25) is 23.6 Å². The van der Waals surface area contributed by atoms with Crippen LogP contribution in [0.1, 0.15) is 68.7 Å². The van der Waals surface area contributed by atoms with E-state index in [9.17, 15) is 14.4 Å².